The Morgan fingerprint density at radius 3 is 2.48 bits per heavy atom. The maximum absolute atomic E-state index is 14.1. The Morgan fingerprint density at radius 1 is 1.04 bits per heavy atom. The lowest BCUT2D eigenvalue weighted by Crippen LogP contribution is -2.13. The van der Waals surface area contributed by atoms with Crippen molar-refractivity contribution in [2.75, 3.05) is 5.32 Å². The fourth-order valence-electron chi connectivity index (χ4n) is 2.17. The van der Waals surface area contributed by atoms with E-state index in [1.54, 1.807) is 29.1 Å². The molecular weight excluding hydrogens is 295 g/mol. The summed E-state index contributed by atoms with van der Waals surface area (Å²) in [4.78, 5) is 11.7. The fraction of sp³-hybridized carbons (Fsp3) is 0.0556. The van der Waals surface area contributed by atoms with Gasteiger partial charge in [0.2, 0.25) is 0 Å². The summed E-state index contributed by atoms with van der Waals surface area (Å²) in [5.74, 6) is -0.429. The van der Waals surface area contributed by atoms with Gasteiger partial charge < -0.3 is 9.30 Å². The third-order valence-corrected chi connectivity index (χ3v) is 3.29. The van der Waals surface area contributed by atoms with Crippen molar-refractivity contribution in [3.8, 4) is 5.69 Å². The van der Waals surface area contributed by atoms with Gasteiger partial charge in [0.25, 0.3) is 0 Å². The van der Waals surface area contributed by atoms with Gasteiger partial charge in [-0.05, 0) is 35.9 Å². The van der Waals surface area contributed by atoms with Gasteiger partial charge in [0.05, 0.1) is 5.69 Å². The van der Waals surface area contributed by atoms with Gasteiger partial charge in [-0.15, -0.1) is 0 Å². The van der Waals surface area contributed by atoms with Gasteiger partial charge in [-0.2, -0.15) is 0 Å². The summed E-state index contributed by atoms with van der Waals surface area (Å²) >= 11 is 0. The quantitative estimate of drug-likeness (QED) is 0.778. The first-order valence-corrected chi connectivity index (χ1v) is 7.13. The molecule has 0 spiro atoms. The number of hydrogen-bond acceptors (Lipinski definition) is 2. The predicted octanol–water partition coefficient (Wildman–Crippen LogP) is 4.37. The summed E-state index contributed by atoms with van der Waals surface area (Å²) in [6, 6.07) is 17.5. The molecule has 1 heterocycles. The summed E-state index contributed by atoms with van der Waals surface area (Å²) in [5, 5.41) is 2.52. The van der Waals surface area contributed by atoms with Crippen molar-refractivity contribution in [1.82, 2.24) is 4.57 Å². The van der Waals surface area contributed by atoms with E-state index in [0.29, 0.717) is 11.4 Å². The number of nitrogens with zero attached hydrogens (tertiary/aromatic N) is 1. The van der Waals surface area contributed by atoms with Crippen LogP contribution in [-0.4, -0.2) is 10.7 Å². The minimum atomic E-state index is -0.623. The minimum absolute atomic E-state index is 0.163. The summed E-state index contributed by atoms with van der Waals surface area (Å²) in [6.45, 7) is 0.163. The third kappa shape index (κ3) is 3.77. The van der Waals surface area contributed by atoms with Crippen LogP contribution in [-0.2, 0) is 11.3 Å². The number of ether oxygens (including phenoxy) is 1. The van der Waals surface area contributed by atoms with Crippen LogP contribution in [0.2, 0.25) is 0 Å². The Bertz CT molecular complexity index is 786. The lowest BCUT2D eigenvalue weighted by molar-refractivity contribution is 0.155. The molecule has 0 unspecified atom stereocenters. The Hall–Kier alpha value is -3.08. The molecule has 23 heavy (non-hydrogen) atoms. The van der Waals surface area contributed by atoms with Crippen molar-refractivity contribution in [3.63, 3.8) is 0 Å². The second-order valence-electron chi connectivity index (χ2n) is 4.94. The van der Waals surface area contributed by atoms with Gasteiger partial charge >= 0.3 is 6.09 Å². The van der Waals surface area contributed by atoms with E-state index in [9.17, 15) is 9.18 Å². The molecular formula is C18H15FN2O2. The van der Waals surface area contributed by atoms with Gasteiger partial charge in [0.15, 0.2) is 0 Å². The van der Waals surface area contributed by atoms with E-state index >= 15 is 0 Å². The second kappa shape index (κ2) is 6.79. The summed E-state index contributed by atoms with van der Waals surface area (Å²) < 4.78 is 20.9. The van der Waals surface area contributed by atoms with Crippen LogP contribution in [0.4, 0.5) is 14.9 Å². The average Bonchev–Trinajstić information content (AvgIpc) is 3.08. The molecule has 2 aromatic carbocycles. The molecule has 0 radical (unpaired) electrons. The van der Waals surface area contributed by atoms with E-state index in [1.165, 1.54) is 6.07 Å². The highest BCUT2D eigenvalue weighted by Gasteiger charge is 2.08. The van der Waals surface area contributed by atoms with E-state index in [0.717, 1.165) is 5.56 Å². The molecule has 5 heteroatoms. The third-order valence-electron chi connectivity index (χ3n) is 3.29. The van der Waals surface area contributed by atoms with Crippen LogP contribution in [0.1, 0.15) is 5.56 Å². The van der Waals surface area contributed by atoms with E-state index in [4.69, 9.17) is 4.74 Å². The molecule has 4 nitrogen and oxygen atoms in total. The molecule has 0 aliphatic heterocycles. The van der Waals surface area contributed by atoms with Crippen LogP contribution in [0.5, 0.6) is 0 Å². The molecule has 1 N–H and O–H groups in total. The van der Waals surface area contributed by atoms with Crippen LogP contribution in [0.3, 0.4) is 0 Å². The zero-order valence-corrected chi connectivity index (χ0v) is 12.3. The number of rotatable bonds is 4. The zero-order chi connectivity index (χ0) is 16.1. The van der Waals surface area contributed by atoms with E-state index < -0.39 is 11.9 Å². The second-order valence-corrected chi connectivity index (χ2v) is 4.94. The number of carbonyl (C=O) groups excluding carboxylic acids is 1. The number of hydrogen-bond donors (Lipinski definition) is 1. The first-order chi connectivity index (χ1) is 11.2. The van der Waals surface area contributed by atoms with Crippen molar-refractivity contribution < 1.29 is 13.9 Å². The molecule has 0 saturated carbocycles. The number of anilines is 1. The van der Waals surface area contributed by atoms with Gasteiger partial charge in [-0.1, -0.05) is 30.3 Å². The number of nitrogens with one attached hydrogen (secondary N) is 1. The number of halogens is 1. The maximum Gasteiger partial charge on any atom is 0.411 e. The van der Waals surface area contributed by atoms with Crippen molar-refractivity contribution in [1.29, 1.82) is 0 Å². The summed E-state index contributed by atoms with van der Waals surface area (Å²) in [5.41, 5.74) is 1.64. The van der Waals surface area contributed by atoms with Crippen LogP contribution in [0.25, 0.3) is 5.69 Å². The fourth-order valence-corrected chi connectivity index (χ4v) is 2.17. The number of amides is 1. The van der Waals surface area contributed by atoms with Crippen molar-refractivity contribution in [2.45, 2.75) is 6.61 Å². The molecule has 0 saturated heterocycles. The molecule has 0 fully saturated rings. The number of aromatic nitrogens is 1. The molecule has 1 aromatic heterocycles. The monoisotopic (exact) mass is 310 g/mol. The first kappa shape index (κ1) is 14.8. The largest absolute Gasteiger partial charge is 0.444 e. The molecule has 0 aliphatic rings. The Labute approximate surface area is 133 Å². The minimum Gasteiger partial charge on any atom is -0.444 e. The van der Waals surface area contributed by atoms with Gasteiger partial charge in [0.1, 0.15) is 12.4 Å². The highest BCUT2D eigenvalue weighted by molar-refractivity contribution is 5.84. The smallest absolute Gasteiger partial charge is 0.411 e. The Morgan fingerprint density at radius 2 is 1.78 bits per heavy atom. The van der Waals surface area contributed by atoms with E-state index in [2.05, 4.69) is 5.32 Å². The van der Waals surface area contributed by atoms with E-state index in [1.807, 2.05) is 42.5 Å². The number of carbonyl (C=O) groups is 1. The van der Waals surface area contributed by atoms with Crippen molar-refractivity contribution in [2.24, 2.45) is 0 Å². The Balaban J connectivity index is 1.62. The Kier molecular flexibility index (Phi) is 4.38. The summed E-state index contributed by atoms with van der Waals surface area (Å²) in [7, 11) is 0. The van der Waals surface area contributed by atoms with Gasteiger partial charge in [0, 0.05) is 18.1 Å². The van der Waals surface area contributed by atoms with E-state index in [-0.39, 0.29) is 6.61 Å². The van der Waals surface area contributed by atoms with Crippen LogP contribution in [0, 0.1) is 5.82 Å². The van der Waals surface area contributed by atoms with Crippen LogP contribution in [0.15, 0.2) is 73.1 Å². The molecule has 3 rings (SSSR count). The highest BCUT2D eigenvalue weighted by Crippen LogP contribution is 2.18. The molecule has 1 amide bonds. The topological polar surface area (TPSA) is 43.3 Å². The molecule has 116 valence electrons. The molecule has 0 atom stereocenters. The number of benzene rings is 2. The lowest BCUT2D eigenvalue weighted by Gasteiger charge is -2.09. The SMILES string of the molecule is O=C(Nc1ccc(-n2cccc2)c(F)c1)OCc1ccccc1. The van der Waals surface area contributed by atoms with Crippen LogP contribution >= 0.6 is 0 Å². The summed E-state index contributed by atoms with van der Waals surface area (Å²) in [6.07, 6.45) is 2.88. The maximum atomic E-state index is 14.1. The zero-order valence-electron chi connectivity index (χ0n) is 12.3. The lowest BCUT2D eigenvalue weighted by atomic mass is 10.2. The normalized spacial score (nSPS) is 10.3. The van der Waals surface area contributed by atoms with Gasteiger partial charge in [-0.25, -0.2) is 9.18 Å². The van der Waals surface area contributed by atoms with Gasteiger partial charge in [-0.3, -0.25) is 5.32 Å². The highest BCUT2D eigenvalue weighted by atomic mass is 19.1. The predicted molar refractivity (Wildman–Crippen MR) is 86.0 cm³/mol. The van der Waals surface area contributed by atoms with Crippen LogP contribution < -0.4 is 5.32 Å². The standard InChI is InChI=1S/C18H15FN2O2/c19-16-12-15(8-9-17(16)21-10-4-5-11-21)20-18(22)23-13-14-6-2-1-3-7-14/h1-12H,13H2,(H,20,22). The molecule has 0 bridgehead atoms. The molecule has 3 aromatic rings. The van der Waals surface area contributed by atoms with Crippen molar-refractivity contribution >= 4 is 11.8 Å². The van der Waals surface area contributed by atoms with Crippen molar-refractivity contribution in [3.05, 3.63) is 84.4 Å². The average molecular weight is 310 g/mol. The molecule has 0 aliphatic carbocycles. The first-order valence-electron chi connectivity index (χ1n) is 7.13.